The van der Waals surface area contributed by atoms with E-state index < -0.39 is 0 Å². The van der Waals surface area contributed by atoms with E-state index in [1.165, 1.54) is 0 Å². The molecule has 0 aromatic carbocycles. The van der Waals surface area contributed by atoms with Crippen molar-refractivity contribution in [2.45, 2.75) is 6.42 Å². The van der Waals surface area contributed by atoms with E-state index in [9.17, 15) is 4.79 Å². The highest BCUT2D eigenvalue weighted by Crippen LogP contribution is 2.23. The zero-order valence-corrected chi connectivity index (χ0v) is 7.84. The maximum atomic E-state index is 11.5. The third-order valence-electron chi connectivity index (χ3n) is 2.31. The average Bonchev–Trinajstić information content (AvgIpc) is 2.71. The van der Waals surface area contributed by atoms with E-state index in [0.29, 0.717) is 13.0 Å². The summed E-state index contributed by atoms with van der Waals surface area (Å²) in [5.74, 6) is -0.174. The summed E-state index contributed by atoms with van der Waals surface area (Å²) in [5.41, 5.74) is 0.773. The van der Waals surface area contributed by atoms with Crippen molar-refractivity contribution < 1.29 is 4.79 Å². The van der Waals surface area contributed by atoms with Crippen molar-refractivity contribution in [2.24, 2.45) is 13.0 Å². The molecular weight excluding hydrogens is 180 g/mol. The van der Waals surface area contributed by atoms with E-state index in [4.69, 9.17) is 5.26 Å². The topological polar surface area (TPSA) is 61.9 Å². The van der Waals surface area contributed by atoms with E-state index in [1.54, 1.807) is 29.0 Å². The third-order valence-corrected chi connectivity index (χ3v) is 2.31. The summed E-state index contributed by atoms with van der Waals surface area (Å²) in [6.07, 6.45) is 3.74. The Hall–Kier alpha value is -1.83. The quantitative estimate of drug-likeness (QED) is 0.639. The van der Waals surface area contributed by atoms with Crippen LogP contribution in [0.1, 0.15) is 6.42 Å². The van der Waals surface area contributed by atoms with Crippen molar-refractivity contribution in [3.63, 3.8) is 0 Å². The number of aryl methyl sites for hydroxylation is 1. The molecule has 1 unspecified atom stereocenters. The first-order valence-electron chi connectivity index (χ1n) is 4.39. The second kappa shape index (κ2) is 3.14. The maximum absolute atomic E-state index is 11.5. The van der Waals surface area contributed by atoms with Gasteiger partial charge in [-0.1, -0.05) is 0 Å². The van der Waals surface area contributed by atoms with Crippen LogP contribution >= 0.6 is 0 Å². The van der Waals surface area contributed by atoms with Crippen LogP contribution in [-0.2, 0) is 11.8 Å². The molecule has 0 aliphatic carbocycles. The lowest BCUT2D eigenvalue weighted by Gasteiger charge is -2.11. The van der Waals surface area contributed by atoms with Crippen molar-refractivity contribution >= 4 is 11.6 Å². The van der Waals surface area contributed by atoms with E-state index in [1.807, 2.05) is 0 Å². The molecule has 1 aromatic heterocycles. The van der Waals surface area contributed by atoms with Crippen LogP contribution in [0.15, 0.2) is 12.4 Å². The summed E-state index contributed by atoms with van der Waals surface area (Å²) < 4.78 is 1.64. The molecule has 0 saturated carbocycles. The number of anilines is 1. The second-order valence-electron chi connectivity index (χ2n) is 3.41. The van der Waals surface area contributed by atoms with Gasteiger partial charge in [0.2, 0.25) is 5.91 Å². The molecule has 0 bridgehead atoms. The molecule has 5 heteroatoms. The van der Waals surface area contributed by atoms with Gasteiger partial charge in [0.25, 0.3) is 0 Å². The van der Waals surface area contributed by atoms with E-state index in [0.717, 1.165) is 5.69 Å². The van der Waals surface area contributed by atoms with Crippen LogP contribution in [0.25, 0.3) is 0 Å². The van der Waals surface area contributed by atoms with Crippen LogP contribution < -0.4 is 4.90 Å². The van der Waals surface area contributed by atoms with E-state index in [2.05, 4.69) is 11.2 Å². The Bertz CT molecular complexity index is 403. The fourth-order valence-electron chi connectivity index (χ4n) is 1.59. The van der Waals surface area contributed by atoms with Gasteiger partial charge in [-0.05, 0) is 0 Å². The zero-order chi connectivity index (χ0) is 10.1. The molecule has 1 saturated heterocycles. The zero-order valence-electron chi connectivity index (χ0n) is 7.84. The Morgan fingerprint density at radius 2 is 2.50 bits per heavy atom. The molecule has 2 rings (SSSR count). The predicted molar refractivity (Wildman–Crippen MR) is 49.3 cm³/mol. The predicted octanol–water partition coefficient (Wildman–Crippen LogP) is 0.297. The van der Waals surface area contributed by atoms with Gasteiger partial charge in [0, 0.05) is 26.2 Å². The number of amides is 1. The van der Waals surface area contributed by atoms with Gasteiger partial charge in [0.1, 0.15) is 0 Å². The Labute approximate surface area is 81.5 Å². The molecule has 1 fully saturated rings. The number of hydrogen-bond acceptors (Lipinski definition) is 3. The van der Waals surface area contributed by atoms with Crippen LogP contribution in [0.4, 0.5) is 5.69 Å². The molecule has 5 nitrogen and oxygen atoms in total. The first-order chi connectivity index (χ1) is 6.70. The lowest BCUT2D eigenvalue weighted by atomic mass is 10.1. The van der Waals surface area contributed by atoms with Gasteiger partial charge in [-0.3, -0.25) is 9.48 Å². The van der Waals surface area contributed by atoms with Crippen LogP contribution in [0, 0.1) is 17.2 Å². The lowest BCUT2D eigenvalue weighted by Crippen LogP contribution is -2.23. The summed E-state index contributed by atoms with van der Waals surface area (Å²) in [4.78, 5) is 13.1. The molecule has 0 radical (unpaired) electrons. The van der Waals surface area contributed by atoms with Crippen LogP contribution in [0.5, 0.6) is 0 Å². The molecule has 72 valence electrons. The Balaban J connectivity index is 2.21. The second-order valence-corrected chi connectivity index (χ2v) is 3.41. The molecule has 1 amide bonds. The lowest BCUT2D eigenvalue weighted by molar-refractivity contribution is -0.117. The van der Waals surface area contributed by atoms with Crippen molar-refractivity contribution in [1.82, 2.24) is 9.78 Å². The minimum Gasteiger partial charge on any atom is -0.308 e. The molecular formula is C9H10N4O. The van der Waals surface area contributed by atoms with Gasteiger partial charge in [-0.2, -0.15) is 10.4 Å². The average molecular weight is 190 g/mol. The number of nitriles is 1. The normalized spacial score (nSPS) is 21.3. The minimum atomic E-state index is -0.178. The number of rotatable bonds is 1. The first-order valence-corrected chi connectivity index (χ1v) is 4.39. The summed E-state index contributed by atoms with van der Waals surface area (Å²) >= 11 is 0. The fraction of sp³-hybridized carbons (Fsp3) is 0.444. The standard InChI is InChI=1S/C9H10N4O/c1-12-6-8(4-11-12)13-5-7(3-10)2-9(13)14/h4,6-7H,2,5H2,1H3. The van der Waals surface area contributed by atoms with Gasteiger partial charge in [0.15, 0.2) is 0 Å². The molecule has 1 atom stereocenters. The third kappa shape index (κ3) is 1.35. The maximum Gasteiger partial charge on any atom is 0.228 e. The molecule has 0 N–H and O–H groups in total. The molecule has 2 heterocycles. The Morgan fingerprint density at radius 1 is 1.71 bits per heavy atom. The van der Waals surface area contributed by atoms with Crippen LogP contribution in [0.3, 0.4) is 0 Å². The highest BCUT2D eigenvalue weighted by atomic mass is 16.2. The van der Waals surface area contributed by atoms with Gasteiger partial charge in [-0.15, -0.1) is 0 Å². The van der Waals surface area contributed by atoms with Crippen LogP contribution in [0.2, 0.25) is 0 Å². The fourth-order valence-corrected chi connectivity index (χ4v) is 1.59. The molecule has 14 heavy (non-hydrogen) atoms. The molecule has 1 aliphatic rings. The SMILES string of the molecule is Cn1cc(N2CC(C#N)CC2=O)cn1. The van der Waals surface area contributed by atoms with E-state index in [-0.39, 0.29) is 11.8 Å². The summed E-state index contributed by atoms with van der Waals surface area (Å²) in [6, 6.07) is 2.11. The summed E-state index contributed by atoms with van der Waals surface area (Å²) in [7, 11) is 1.80. The van der Waals surface area contributed by atoms with Gasteiger partial charge >= 0.3 is 0 Å². The van der Waals surface area contributed by atoms with Crippen molar-refractivity contribution in [2.75, 3.05) is 11.4 Å². The van der Waals surface area contributed by atoms with Crippen molar-refractivity contribution in [3.05, 3.63) is 12.4 Å². The highest BCUT2D eigenvalue weighted by Gasteiger charge is 2.30. The van der Waals surface area contributed by atoms with E-state index >= 15 is 0 Å². The number of nitrogens with zero attached hydrogens (tertiary/aromatic N) is 4. The monoisotopic (exact) mass is 190 g/mol. The first kappa shape index (κ1) is 8.75. The Kier molecular flexibility index (Phi) is 1.97. The van der Waals surface area contributed by atoms with Crippen LogP contribution in [-0.4, -0.2) is 22.2 Å². The molecule has 1 aromatic rings. The minimum absolute atomic E-state index is 0.00421. The Morgan fingerprint density at radius 3 is 3.00 bits per heavy atom. The largest absolute Gasteiger partial charge is 0.308 e. The van der Waals surface area contributed by atoms with Gasteiger partial charge in [0.05, 0.1) is 23.9 Å². The number of hydrogen-bond donors (Lipinski definition) is 0. The molecule has 0 spiro atoms. The van der Waals surface area contributed by atoms with Gasteiger partial charge in [-0.25, -0.2) is 0 Å². The van der Waals surface area contributed by atoms with Crippen molar-refractivity contribution in [1.29, 1.82) is 5.26 Å². The summed E-state index contributed by atoms with van der Waals surface area (Å²) in [6.45, 7) is 0.487. The summed E-state index contributed by atoms with van der Waals surface area (Å²) in [5, 5.41) is 12.7. The number of aromatic nitrogens is 2. The number of carbonyl (C=O) groups excluding carboxylic acids is 1. The number of carbonyl (C=O) groups is 1. The van der Waals surface area contributed by atoms with Gasteiger partial charge < -0.3 is 4.90 Å². The molecule has 1 aliphatic heterocycles. The smallest absolute Gasteiger partial charge is 0.228 e. The highest BCUT2D eigenvalue weighted by molar-refractivity contribution is 5.95. The van der Waals surface area contributed by atoms with Crippen molar-refractivity contribution in [3.8, 4) is 6.07 Å².